The van der Waals surface area contributed by atoms with Crippen molar-refractivity contribution in [2.45, 2.75) is 31.7 Å². The molecule has 0 spiro atoms. The molecule has 0 amide bonds. The first-order valence-electron chi connectivity index (χ1n) is 6.56. The van der Waals surface area contributed by atoms with Crippen LogP contribution in [0.5, 0.6) is 0 Å². The van der Waals surface area contributed by atoms with Crippen LogP contribution in [0.25, 0.3) is 0 Å². The van der Waals surface area contributed by atoms with E-state index >= 15 is 0 Å². The highest BCUT2D eigenvalue weighted by Gasteiger charge is 2.33. The summed E-state index contributed by atoms with van der Waals surface area (Å²) in [5.74, 6) is 1.00. The van der Waals surface area contributed by atoms with Crippen LogP contribution in [0.15, 0.2) is 34.9 Å². The topological polar surface area (TPSA) is 74.2 Å². The van der Waals surface area contributed by atoms with E-state index in [4.69, 9.17) is 15.0 Å². The Morgan fingerprint density at radius 2 is 1.85 bits per heavy atom. The van der Waals surface area contributed by atoms with Gasteiger partial charge in [0.2, 0.25) is 5.89 Å². The third-order valence-electron chi connectivity index (χ3n) is 3.41. The standard InChI is InChI=1S/C15H21N3O2/c1-14(2,11-8-6-5-7-9-11)13-17-12(18-20-13)15(3,16)10-19-4/h5-9H,10,16H2,1-4H3. The SMILES string of the molecule is COCC(C)(N)c1noc(C(C)(C)c2ccccc2)n1. The van der Waals surface area contributed by atoms with Gasteiger partial charge >= 0.3 is 0 Å². The van der Waals surface area contributed by atoms with E-state index in [2.05, 4.69) is 10.1 Å². The average Bonchev–Trinajstić information content (AvgIpc) is 2.91. The molecule has 1 aromatic carbocycles. The monoisotopic (exact) mass is 275 g/mol. The van der Waals surface area contributed by atoms with Crippen molar-refractivity contribution < 1.29 is 9.26 Å². The second-order valence-corrected chi connectivity index (χ2v) is 5.76. The van der Waals surface area contributed by atoms with Crippen LogP contribution in [0.1, 0.15) is 38.0 Å². The molecule has 0 saturated carbocycles. The molecule has 108 valence electrons. The third kappa shape index (κ3) is 2.73. The van der Waals surface area contributed by atoms with Gasteiger partial charge in [0.05, 0.1) is 12.0 Å². The predicted molar refractivity (Wildman–Crippen MR) is 76.3 cm³/mol. The minimum absolute atomic E-state index is 0.331. The highest BCUT2D eigenvalue weighted by Crippen LogP contribution is 2.30. The largest absolute Gasteiger partial charge is 0.382 e. The highest BCUT2D eigenvalue weighted by atomic mass is 16.5. The average molecular weight is 275 g/mol. The van der Waals surface area contributed by atoms with Gasteiger partial charge in [-0.05, 0) is 26.3 Å². The van der Waals surface area contributed by atoms with Gasteiger partial charge in [-0.3, -0.25) is 0 Å². The maximum Gasteiger partial charge on any atom is 0.236 e. The minimum Gasteiger partial charge on any atom is -0.382 e. The summed E-state index contributed by atoms with van der Waals surface area (Å²) in [5, 5.41) is 4.01. The van der Waals surface area contributed by atoms with E-state index in [1.165, 1.54) is 0 Å². The van der Waals surface area contributed by atoms with Crippen molar-refractivity contribution in [2.75, 3.05) is 13.7 Å². The molecule has 1 unspecified atom stereocenters. The smallest absolute Gasteiger partial charge is 0.236 e. The molecule has 2 aromatic rings. The van der Waals surface area contributed by atoms with Crippen molar-refractivity contribution in [1.82, 2.24) is 10.1 Å². The van der Waals surface area contributed by atoms with Gasteiger partial charge in [-0.1, -0.05) is 35.5 Å². The Morgan fingerprint density at radius 3 is 2.45 bits per heavy atom. The Bertz CT molecular complexity index is 562. The Hall–Kier alpha value is -1.72. The van der Waals surface area contributed by atoms with Crippen molar-refractivity contribution in [3.05, 3.63) is 47.6 Å². The number of nitrogens with zero attached hydrogens (tertiary/aromatic N) is 2. The van der Waals surface area contributed by atoms with E-state index in [-0.39, 0.29) is 5.41 Å². The summed E-state index contributed by atoms with van der Waals surface area (Å²) in [4.78, 5) is 4.47. The van der Waals surface area contributed by atoms with Crippen molar-refractivity contribution in [3.8, 4) is 0 Å². The lowest BCUT2D eigenvalue weighted by Gasteiger charge is -2.21. The summed E-state index contributed by atoms with van der Waals surface area (Å²) in [6, 6.07) is 10.0. The van der Waals surface area contributed by atoms with Crippen LogP contribution in [0, 0.1) is 0 Å². The molecule has 5 nitrogen and oxygen atoms in total. The van der Waals surface area contributed by atoms with Gasteiger partial charge in [0, 0.05) is 7.11 Å². The zero-order valence-corrected chi connectivity index (χ0v) is 12.4. The maximum absolute atomic E-state index is 6.13. The molecule has 0 saturated heterocycles. The van der Waals surface area contributed by atoms with Gasteiger partial charge < -0.3 is 15.0 Å². The van der Waals surface area contributed by atoms with Gasteiger partial charge in [0.1, 0.15) is 5.54 Å². The number of benzene rings is 1. The molecular formula is C15H21N3O2. The number of hydrogen-bond acceptors (Lipinski definition) is 5. The Labute approximate surface area is 119 Å². The third-order valence-corrected chi connectivity index (χ3v) is 3.41. The molecular weight excluding hydrogens is 254 g/mol. The van der Waals surface area contributed by atoms with Gasteiger partial charge in [-0.15, -0.1) is 0 Å². The van der Waals surface area contributed by atoms with Crippen LogP contribution in [-0.4, -0.2) is 23.9 Å². The lowest BCUT2D eigenvalue weighted by Crippen LogP contribution is -2.39. The fourth-order valence-corrected chi connectivity index (χ4v) is 2.05. The minimum atomic E-state index is -0.761. The van der Waals surface area contributed by atoms with E-state index in [0.29, 0.717) is 18.3 Å². The fraction of sp³-hybridized carbons (Fsp3) is 0.467. The van der Waals surface area contributed by atoms with E-state index in [1.54, 1.807) is 7.11 Å². The lowest BCUT2D eigenvalue weighted by atomic mass is 9.84. The number of ether oxygens (including phenoxy) is 1. The normalized spacial score (nSPS) is 15.1. The quantitative estimate of drug-likeness (QED) is 0.905. The molecule has 20 heavy (non-hydrogen) atoms. The van der Waals surface area contributed by atoms with E-state index < -0.39 is 5.54 Å². The molecule has 1 aromatic heterocycles. The predicted octanol–water partition coefficient (Wildman–Crippen LogP) is 2.22. The summed E-state index contributed by atoms with van der Waals surface area (Å²) < 4.78 is 10.5. The molecule has 0 aliphatic heterocycles. The van der Waals surface area contributed by atoms with Crippen molar-refractivity contribution in [1.29, 1.82) is 0 Å². The van der Waals surface area contributed by atoms with Gasteiger partial charge in [0.25, 0.3) is 0 Å². The van der Waals surface area contributed by atoms with E-state index in [1.807, 2.05) is 51.1 Å². The lowest BCUT2D eigenvalue weighted by molar-refractivity contribution is 0.135. The molecule has 0 bridgehead atoms. The molecule has 5 heteroatoms. The molecule has 0 aliphatic rings. The van der Waals surface area contributed by atoms with Crippen LogP contribution in [0.3, 0.4) is 0 Å². The van der Waals surface area contributed by atoms with Crippen LogP contribution in [-0.2, 0) is 15.7 Å². The second kappa shape index (κ2) is 5.34. The van der Waals surface area contributed by atoms with Crippen molar-refractivity contribution in [3.63, 3.8) is 0 Å². The van der Waals surface area contributed by atoms with Gasteiger partial charge in [-0.2, -0.15) is 4.98 Å². The molecule has 1 heterocycles. The van der Waals surface area contributed by atoms with Gasteiger partial charge in [0.15, 0.2) is 5.82 Å². The zero-order chi connectivity index (χ0) is 14.8. The first kappa shape index (κ1) is 14.7. The number of nitrogens with two attached hydrogens (primary N) is 1. The zero-order valence-electron chi connectivity index (χ0n) is 12.4. The molecule has 0 aliphatic carbocycles. The molecule has 2 N–H and O–H groups in total. The molecule has 0 fully saturated rings. The Kier molecular flexibility index (Phi) is 3.92. The highest BCUT2D eigenvalue weighted by molar-refractivity contribution is 5.29. The van der Waals surface area contributed by atoms with Crippen LogP contribution < -0.4 is 5.73 Å². The number of hydrogen-bond donors (Lipinski definition) is 1. The summed E-state index contributed by atoms with van der Waals surface area (Å²) in [6.07, 6.45) is 0. The van der Waals surface area contributed by atoms with Gasteiger partial charge in [-0.25, -0.2) is 0 Å². The number of rotatable bonds is 5. The Morgan fingerprint density at radius 1 is 1.20 bits per heavy atom. The Balaban J connectivity index is 2.33. The number of aromatic nitrogens is 2. The summed E-state index contributed by atoms with van der Waals surface area (Å²) in [6.45, 7) is 6.24. The summed E-state index contributed by atoms with van der Waals surface area (Å²) in [7, 11) is 1.60. The van der Waals surface area contributed by atoms with Crippen molar-refractivity contribution >= 4 is 0 Å². The summed E-state index contributed by atoms with van der Waals surface area (Å²) >= 11 is 0. The van der Waals surface area contributed by atoms with Crippen molar-refractivity contribution in [2.24, 2.45) is 5.73 Å². The summed E-state index contributed by atoms with van der Waals surface area (Å²) in [5.41, 5.74) is 6.12. The second-order valence-electron chi connectivity index (χ2n) is 5.76. The van der Waals surface area contributed by atoms with Crippen LogP contribution in [0.2, 0.25) is 0 Å². The first-order valence-corrected chi connectivity index (χ1v) is 6.56. The fourth-order valence-electron chi connectivity index (χ4n) is 2.05. The van der Waals surface area contributed by atoms with Crippen LogP contribution >= 0.6 is 0 Å². The maximum atomic E-state index is 6.13. The number of methoxy groups -OCH3 is 1. The molecule has 1 atom stereocenters. The first-order chi connectivity index (χ1) is 9.38. The van der Waals surface area contributed by atoms with E-state index in [0.717, 1.165) is 5.56 Å². The van der Waals surface area contributed by atoms with E-state index in [9.17, 15) is 0 Å². The molecule has 2 rings (SSSR count). The molecule has 0 radical (unpaired) electrons. The van der Waals surface area contributed by atoms with Crippen LogP contribution in [0.4, 0.5) is 0 Å².